The highest BCUT2D eigenvalue weighted by atomic mass is 32.2. The standard InChI is InChI=1S/C10H18O2S/c1-3-13-10(9(11)12)7-5-4-6-8(10)2/h8H,3-7H2,1-2H3,(H,11,12). The normalized spacial score (nSPS) is 34.5. The Morgan fingerprint density at radius 3 is 2.77 bits per heavy atom. The summed E-state index contributed by atoms with van der Waals surface area (Å²) in [4.78, 5) is 11.3. The van der Waals surface area contributed by atoms with Gasteiger partial charge in [0.25, 0.3) is 0 Å². The maximum Gasteiger partial charge on any atom is 0.320 e. The van der Waals surface area contributed by atoms with Gasteiger partial charge in [-0.25, -0.2) is 0 Å². The number of hydrogen-bond donors (Lipinski definition) is 1. The third kappa shape index (κ3) is 2.01. The summed E-state index contributed by atoms with van der Waals surface area (Å²) in [6, 6.07) is 0. The second kappa shape index (κ2) is 4.36. The van der Waals surface area contributed by atoms with Gasteiger partial charge >= 0.3 is 5.97 Å². The number of hydrogen-bond acceptors (Lipinski definition) is 2. The number of thioether (sulfide) groups is 1. The van der Waals surface area contributed by atoms with Gasteiger partial charge in [0.05, 0.1) is 0 Å². The molecule has 0 heterocycles. The van der Waals surface area contributed by atoms with Crippen molar-refractivity contribution in [1.29, 1.82) is 0 Å². The topological polar surface area (TPSA) is 37.3 Å². The van der Waals surface area contributed by atoms with Gasteiger partial charge in [-0.3, -0.25) is 4.79 Å². The molecule has 2 nitrogen and oxygen atoms in total. The Labute approximate surface area is 84.1 Å². The van der Waals surface area contributed by atoms with Crippen LogP contribution in [0.15, 0.2) is 0 Å². The zero-order chi connectivity index (χ0) is 9.90. The molecule has 76 valence electrons. The molecular formula is C10H18O2S. The van der Waals surface area contributed by atoms with E-state index in [1.807, 2.05) is 6.92 Å². The molecule has 2 atom stereocenters. The van der Waals surface area contributed by atoms with Crippen LogP contribution in [0.25, 0.3) is 0 Å². The first-order valence-corrected chi connectivity index (χ1v) is 5.99. The van der Waals surface area contributed by atoms with E-state index >= 15 is 0 Å². The van der Waals surface area contributed by atoms with Gasteiger partial charge in [-0.05, 0) is 24.5 Å². The van der Waals surface area contributed by atoms with Gasteiger partial charge < -0.3 is 5.11 Å². The summed E-state index contributed by atoms with van der Waals surface area (Å²) in [5, 5.41) is 9.27. The first-order valence-electron chi connectivity index (χ1n) is 5.01. The highest BCUT2D eigenvalue weighted by Crippen LogP contribution is 2.44. The quantitative estimate of drug-likeness (QED) is 0.764. The molecule has 1 saturated carbocycles. The Hall–Kier alpha value is -0.180. The van der Waals surface area contributed by atoms with E-state index in [9.17, 15) is 9.90 Å². The second-order valence-electron chi connectivity index (χ2n) is 3.77. The van der Waals surface area contributed by atoms with Crippen LogP contribution in [0.4, 0.5) is 0 Å². The molecule has 0 aromatic carbocycles. The van der Waals surface area contributed by atoms with Crippen molar-refractivity contribution in [3.63, 3.8) is 0 Å². The lowest BCUT2D eigenvalue weighted by atomic mass is 9.79. The molecule has 1 rings (SSSR count). The second-order valence-corrected chi connectivity index (χ2v) is 5.37. The molecule has 3 heteroatoms. The summed E-state index contributed by atoms with van der Waals surface area (Å²) in [6.07, 6.45) is 4.19. The van der Waals surface area contributed by atoms with Crippen LogP contribution in [0.1, 0.15) is 39.5 Å². The Morgan fingerprint density at radius 2 is 2.31 bits per heavy atom. The molecule has 0 spiro atoms. The first kappa shape index (κ1) is 10.9. The molecule has 0 aliphatic heterocycles. The number of aliphatic carboxylic acids is 1. The van der Waals surface area contributed by atoms with Gasteiger partial charge in [0.2, 0.25) is 0 Å². The molecular weight excluding hydrogens is 184 g/mol. The third-order valence-corrected chi connectivity index (χ3v) is 4.58. The summed E-state index contributed by atoms with van der Waals surface area (Å²) in [6.45, 7) is 4.12. The molecule has 1 fully saturated rings. The summed E-state index contributed by atoms with van der Waals surface area (Å²) in [5.41, 5.74) is 0. The van der Waals surface area contributed by atoms with Crippen molar-refractivity contribution < 1.29 is 9.90 Å². The molecule has 0 radical (unpaired) electrons. The van der Waals surface area contributed by atoms with E-state index in [4.69, 9.17) is 0 Å². The number of carboxylic acid groups (broad SMARTS) is 1. The van der Waals surface area contributed by atoms with Crippen LogP contribution >= 0.6 is 11.8 Å². The summed E-state index contributed by atoms with van der Waals surface area (Å²) >= 11 is 1.62. The van der Waals surface area contributed by atoms with E-state index in [2.05, 4.69) is 6.92 Å². The fourth-order valence-electron chi connectivity index (χ4n) is 2.17. The number of rotatable bonds is 3. The van der Waals surface area contributed by atoms with Gasteiger partial charge in [0, 0.05) is 0 Å². The van der Waals surface area contributed by atoms with Crippen molar-refractivity contribution in [3.8, 4) is 0 Å². The van der Waals surface area contributed by atoms with Crippen LogP contribution in [0.2, 0.25) is 0 Å². The molecule has 0 aromatic rings. The molecule has 0 saturated heterocycles. The lowest BCUT2D eigenvalue weighted by Gasteiger charge is -2.38. The van der Waals surface area contributed by atoms with E-state index in [-0.39, 0.29) is 0 Å². The van der Waals surface area contributed by atoms with Gasteiger partial charge in [0.15, 0.2) is 0 Å². The van der Waals surface area contributed by atoms with Gasteiger partial charge in [-0.1, -0.05) is 26.7 Å². The Balaban J connectivity index is 2.79. The van der Waals surface area contributed by atoms with E-state index < -0.39 is 10.7 Å². The van der Waals surface area contributed by atoms with E-state index in [0.29, 0.717) is 5.92 Å². The largest absolute Gasteiger partial charge is 0.480 e. The maximum absolute atomic E-state index is 11.3. The molecule has 2 unspecified atom stereocenters. The van der Waals surface area contributed by atoms with Crippen molar-refractivity contribution >= 4 is 17.7 Å². The van der Waals surface area contributed by atoms with Crippen molar-refractivity contribution in [1.82, 2.24) is 0 Å². The van der Waals surface area contributed by atoms with Crippen LogP contribution in [-0.4, -0.2) is 21.6 Å². The summed E-state index contributed by atoms with van der Waals surface area (Å²) in [5.74, 6) is 0.617. The van der Waals surface area contributed by atoms with Gasteiger partial charge in [-0.2, -0.15) is 0 Å². The van der Waals surface area contributed by atoms with Gasteiger partial charge in [-0.15, -0.1) is 11.8 Å². The zero-order valence-corrected chi connectivity index (χ0v) is 9.19. The Bertz CT molecular complexity index is 189. The molecule has 1 aliphatic rings. The van der Waals surface area contributed by atoms with E-state index in [1.54, 1.807) is 11.8 Å². The summed E-state index contributed by atoms with van der Waals surface area (Å²) in [7, 11) is 0. The highest BCUT2D eigenvalue weighted by Gasteiger charge is 2.44. The zero-order valence-electron chi connectivity index (χ0n) is 8.38. The van der Waals surface area contributed by atoms with Crippen LogP contribution in [0, 0.1) is 5.92 Å². The minimum atomic E-state index is -0.605. The Kier molecular flexibility index (Phi) is 3.65. The molecule has 0 aromatic heterocycles. The van der Waals surface area contributed by atoms with Crippen LogP contribution < -0.4 is 0 Å². The first-order chi connectivity index (χ1) is 6.13. The predicted molar refractivity (Wildman–Crippen MR) is 56.1 cm³/mol. The highest BCUT2D eigenvalue weighted by molar-refractivity contribution is 8.01. The monoisotopic (exact) mass is 202 g/mol. The molecule has 0 amide bonds. The smallest absolute Gasteiger partial charge is 0.320 e. The fourth-order valence-corrected chi connectivity index (χ4v) is 3.50. The summed E-state index contributed by atoms with van der Waals surface area (Å²) < 4.78 is -0.479. The van der Waals surface area contributed by atoms with Crippen LogP contribution in [0.5, 0.6) is 0 Å². The van der Waals surface area contributed by atoms with Crippen LogP contribution in [-0.2, 0) is 4.79 Å². The average Bonchev–Trinajstić information content (AvgIpc) is 2.09. The lowest BCUT2D eigenvalue weighted by molar-refractivity contribution is -0.142. The van der Waals surface area contributed by atoms with E-state index in [0.717, 1.165) is 25.0 Å². The SMILES string of the molecule is CCSC1(C(=O)O)CCCCC1C. The minimum absolute atomic E-state index is 0.323. The average molecular weight is 202 g/mol. The number of carboxylic acids is 1. The molecule has 13 heavy (non-hydrogen) atoms. The maximum atomic E-state index is 11.3. The lowest BCUT2D eigenvalue weighted by Crippen LogP contribution is -2.44. The third-order valence-electron chi connectivity index (χ3n) is 3.00. The Morgan fingerprint density at radius 1 is 1.62 bits per heavy atom. The number of carbonyl (C=O) groups is 1. The fraction of sp³-hybridized carbons (Fsp3) is 0.900. The predicted octanol–water partition coefficient (Wildman–Crippen LogP) is 2.77. The minimum Gasteiger partial charge on any atom is -0.480 e. The molecule has 1 N–H and O–H groups in total. The molecule has 1 aliphatic carbocycles. The van der Waals surface area contributed by atoms with Crippen molar-refractivity contribution in [3.05, 3.63) is 0 Å². The molecule has 0 bridgehead atoms. The van der Waals surface area contributed by atoms with E-state index in [1.165, 1.54) is 6.42 Å². The van der Waals surface area contributed by atoms with Gasteiger partial charge in [0.1, 0.15) is 4.75 Å². The van der Waals surface area contributed by atoms with Crippen molar-refractivity contribution in [2.75, 3.05) is 5.75 Å². The van der Waals surface area contributed by atoms with Crippen molar-refractivity contribution in [2.45, 2.75) is 44.3 Å². The van der Waals surface area contributed by atoms with Crippen LogP contribution in [0.3, 0.4) is 0 Å². The van der Waals surface area contributed by atoms with Crippen molar-refractivity contribution in [2.24, 2.45) is 5.92 Å².